The summed E-state index contributed by atoms with van der Waals surface area (Å²) in [6.07, 6.45) is 1.55. The van der Waals surface area contributed by atoms with Crippen LogP contribution in [0.4, 0.5) is 5.82 Å². The Labute approximate surface area is 87.1 Å². The summed E-state index contributed by atoms with van der Waals surface area (Å²) in [5.41, 5.74) is 0.903. The highest BCUT2D eigenvalue weighted by atomic mass is 35.5. The molecule has 0 saturated heterocycles. The number of fused-ring (bicyclic) bond motifs is 1. The van der Waals surface area contributed by atoms with E-state index in [0.29, 0.717) is 5.02 Å². The van der Waals surface area contributed by atoms with Gasteiger partial charge in [0.05, 0.1) is 5.52 Å². The summed E-state index contributed by atoms with van der Waals surface area (Å²) in [7, 11) is 0. The molecule has 2 rings (SSSR count). The number of aromatic nitrogens is 2. The number of hydrogen-bond donors (Lipinski definition) is 1. The number of halogens is 1. The maximum Gasteiger partial charge on any atom is 0.137 e. The third kappa shape index (κ3) is 1.63. The number of benzene rings is 1. The number of hydrogen-bond acceptors (Lipinski definition) is 3. The van der Waals surface area contributed by atoms with Crippen LogP contribution in [0.5, 0.6) is 0 Å². The van der Waals surface area contributed by atoms with Crippen LogP contribution in [-0.4, -0.2) is 16.5 Å². The second-order valence-corrected chi connectivity index (χ2v) is 3.35. The first-order chi connectivity index (χ1) is 6.81. The average Bonchev–Trinajstić information content (AvgIpc) is 2.19. The Morgan fingerprint density at radius 2 is 2.21 bits per heavy atom. The van der Waals surface area contributed by atoms with Crippen LogP contribution in [0.2, 0.25) is 5.02 Å². The van der Waals surface area contributed by atoms with Gasteiger partial charge in [0.1, 0.15) is 12.1 Å². The Bertz CT molecular complexity index is 456. The van der Waals surface area contributed by atoms with Gasteiger partial charge in [0.25, 0.3) is 0 Å². The molecule has 0 amide bonds. The standard InChI is InChI=1S/C10H10ClN3/c1-2-12-10-8-5-7(11)3-4-9(8)13-6-14-10/h3-6H,2H2,1H3,(H,12,13,14). The lowest BCUT2D eigenvalue weighted by Crippen LogP contribution is -2.00. The Balaban J connectivity index is 2.64. The highest BCUT2D eigenvalue weighted by Crippen LogP contribution is 2.22. The van der Waals surface area contributed by atoms with Crippen LogP contribution in [0, 0.1) is 0 Å². The first-order valence-electron chi connectivity index (χ1n) is 4.45. The van der Waals surface area contributed by atoms with Crippen molar-refractivity contribution >= 4 is 28.3 Å². The van der Waals surface area contributed by atoms with E-state index < -0.39 is 0 Å². The Morgan fingerprint density at radius 3 is 3.00 bits per heavy atom. The van der Waals surface area contributed by atoms with Gasteiger partial charge in [0.2, 0.25) is 0 Å². The minimum Gasteiger partial charge on any atom is -0.370 e. The number of nitrogens with zero attached hydrogens (tertiary/aromatic N) is 2. The zero-order chi connectivity index (χ0) is 9.97. The molecule has 0 bridgehead atoms. The fraction of sp³-hybridized carbons (Fsp3) is 0.200. The third-order valence-electron chi connectivity index (χ3n) is 1.94. The van der Waals surface area contributed by atoms with Crippen molar-refractivity contribution in [3.8, 4) is 0 Å². The molecule has 0 atom stereocenters. The van der Waals surface area contributed by atoms with Crippen LogP contribution >= 0.6 is 11.6 Å². The second-order valence-electron chi connectivity index (χ2n) is 2.91. The van der Waals surface area contributed by atoms with E-state index in [9.17, 15) is 0 Å². The van der Waals surface area contributed by atoms with Crippen molar-refractivity contribution in [2.45, 2.75) is 6.92 Å². The van der Waals surface area contributed by atoms with Crippen molar-refractivity contribution in [1.29, 1.82) is 0 Å². The molecule has 72 valence electrons. The lowest BCUT2D eigenvalue weighted by atomic mass is 10.2. The minimum atomic E-state index is 0.700. The topological polar surface area (TPSA) is 37.8 Å². The maximum atomic E-state index is 5.91. The van der Waals surface area contributed by atoms with Gasteiger partial charge in [-0.1, -0.05) is 11.6 Å². The third-order valence-corrected chi connectivity index (χ3v) is 2.18. The van der Waals surface area contributed by atoms with Crippen LogP contribution in [0.3, 0.4) is 0 Å². The molecule has 0 spiro atoms. The van der Waals surface area contributed by atoms with Crippen LogP contribution in [-0.2, 0) is 0 Å². The number of rotatable bonds is 2. The molecule has 4 heteroatoms. The molecule has 2 aromatic rings. The van der Waals surface area contributed by atoms with Crippen molar-refractivity contribution in [3.05, 3.63) is 29.5 Å². The van der Waals surface area contributed by atoms with Crippen molar-refractivity contribution < 1.29 is 0 Å². The summed E-state index contributed by atoms with van der Waals surface area (Å²) >= 11 is 5.91. The summed E-state index contributed by atoms with van der Waals surface area (Å²) in [6.45, 7) is 2.86. The van der Waals surface area contributed by atoms with Crippen LogP contribution < -0.4 is 5.32 Å². The number of nitrogens with one attached hydrogen (secondary N) is 1. The molecule has 1 heterocycles. The molecule has 0 saturated carbocycles. The van der Waals surface area contributed by atoms with Gasteiger partial charge in [-0.2, -0.15) is 0 Å². The van der Waals surface area contributed by atoms with E-state index in [1.165, 1.54) is 0 Å². The van der Waals surface area contributed by atoms with Crippen LogP contribution in [0.15, 0.2) is 24.5 Å². The fourth-order valence-electron chi connectivity index (χ4n) is 1.34. The first-order valence-corrected chi connectivity index (χ1v) is 4.83. The summed E-state index contributed by atoms with van der Waals surface area (Å²) in [5, 5.41) is 4.83. The maximum absolute atomic E-state index is 5.91. The monoisotopic (exact) mass is 207 g/mol. The zero-order valence-electron chi connectivity index (χ0n) is 7.79. The molecular weight excluding hydrogens is 198 g/mol. The van der Waals surface area contributed by atoms with Gasteiger partial charge >= 0.3 is 0 Å². The Morgan fingerprint density at radius 1 is 1.36 bits per heavy atom. The Kier molecular flexibility index (Phi) is 2.50. The van der Waals surface area contributed by atoms with Gasteiger partial charge < -0.3 is 5.32 Å². The van der Waals surface area contributed by atoms with E-state index in [1.807, 2.05) is 25.1 Å². The van der Waals surface area contributed by atoms with Crippen LogP contribution in [0.25, 0.3) is 10.9 Å². The fourth-order valence-corrected chi connectivity index (χ4v) is 1.51. The van der Waals surface area contributed by atoms with Gasteiger partial charge in [-0.15, -0.1) is 0 Å². The molecule has 0 aliphatic heterocycles. The van der Waals surface area contributed by atoms with E-state index in [-0.39, 0.29) is 0 Å². The summed E-state index contributed by atoms with van der Waals surface area (Å²) < 4.78 is 0. The summed E-state index contributed by atoms with van der Waals surface area (Å²) in [6, 6.07) is 5.59. The van der Waals surface area contributed by atoms with E-state index in [1.54, 1.807) is 6.33 Å². The predicted molar refractivity (Wildman–Crippen MR) is 58.7 cm³/mol. The first kappa shape index (κ1) is 9.21. The molecule has 0 radical (unpaired) electrons. The van der Waals surface area contributed by atoms with Crippen molar-refractivity contribution in [2.24, 2.45) is 0 Å². The Hall–Kier alpha value is -1.35. The van der Waals surface area contributed by atoms with Crippen molar-refractivity contribution in [3.63, 3.8) is 0 Å². The van der Waals surface area contributed by atoms with Gasteiger partial charge in [-0.25, -0.2) is 9.97 Å². The molecule has 0 aliphatic carbocycles. The molecular formula is C10H10ClN3. The lowest BCUT2D eigenvalue weighted by molar-refractivity contribution is 1.14. The molecule has 0 fully saturated rings. The summed E-state index contributed by atoms with van der Waals surface area (Å²) in [5.74, 6) is 0.833. The quantitative estimate of drug-likeness (QED) is 0.823. The second kappa shape index (κ2) is 3.80. The highest BCUT2D eigenvalue weighted by Gasteiger charge is 2.02. The van der Waals surface area contributed by atoms with Gasteiger partial charge in [0.15, 0.2) is 0 Å². The average molecular weight is 208 g/mol. The van der Waals surface area contributed by atoms with E-state index in [0.717, 1.165) is 23.3 Å². The molecule has 1 N–H and O–H groups in total. The molecule has 14 heavy (non-hydrogen) atoms. The lowest BCUT2D eigenvalue weighted by Gasteiger charge is -2.05. The molecule has 3 nitrogen and oxygen atoms in total. The van der Waals surface area contributed by atoms with E-state index >= 15 is 0 Å². The molecule has 0 aliphatic rings. The highest BCUT2D eigenvalue weighted by molar-refractivity contribution is 6.31. The normalized spacial score (nSPS) is 10.4. The largest absolute Gasteiger partial charge is 0.370 e. The molecule has 1 aromatic carbocycles. The molecule has 0 unspecified atom stereocenters. The SMILES string of the molecule is CCNc1ncnc2ccc(Cl)cc12. The minimum absolute atomic E-state index is 0.700. The smallest absolute Gasteiger partial charge is 0.137 e. The zero-order valence-corrected chi connectivity index (χ0v) is 8.54. The van der Waals surface area contributed by atoms with E-state index in [4.69, 9.17) is 11.6 Å². The van der Waals surface area contributed by atoms with Gasteiger partial charge in [0, 0.05) is 17.0 Å². The van der Waals surface area contributed by atoms with E-state index in [2.05, 4.69) is 15.3 Å². The van der Waals surface area contributed by atoms with Crippen molar-refractivity contribution in [1.82, 2.24) is 9.97 Å². The van der Waals surface area contributed by atoms with Crippen LogP contribution in [0.1, 0.15) is 6.92 Å². The van der Waals surface area contributed by atoms with Gasteiger partial charge in [-0.05, 0) is 25.1 Å². The number of anilines is 1. The van der Waals surface area contributed by atoms with Gasteiger partial charge in [-0.3, -0.25) is 0 Å². The predicted octanol–water partition coefficient (Wildman–Crippen LogP) is 2.72. The molecule has 1 aromatic heterocycles. The summed E-state index contributed by atoms with van der Waals surface area (Å²) in [4.78, 5) is 8.31. The van der Waals surface area contributed by atoms with Crippen molar-refractivity contribution in [2.75, 3.05) is 11.9 Å².